The van der Waals surface area contributed by atoms with E-state index in [-0.39, 0.29) is 10.7 Å². The lowest BCUT2D eigenvalue weighted by molar-refractivity contribution is -0.137. The molecule has 0 aliphatic rings. The molecule has 142 valence electrons. The van der Waals surface area contributed by atoms with Gasteiger partial charge < -0.3 is 5.32 Å². The first-order chi connectivity index (χ1) is 13.3. The average Bonchev–Trinajstić information content (AvgIpc) is 3.08. The highest BCUT2D eigenvalue weighted by Gasteiger charge is 2.31. The van der Waals surface area contributed by atoms with Gasteiger partial charge in [0.2, 0.25) is 0 Å². The van der Waals surface area contributed by atoms with Gasteiger partial charge in [-0.15, -0.1) is 11.3 Å². The molecule has 1 N–H and O–H groups in total. The number of hydrogen-bond acceptors (Lipinski definition) is 4. The fraction of sp³-hybridized carbons (Fsp3) is 0.0526. The number of hydrogen-bond donors (Lipinski definition) is 1. The van der Waals surface area contributed by atoms with Crippen LogP contribution in [0.4, 0.5) is 24.7 Å². The van der Waals surface area contributed by atoms with Crippen molar-refractivity contribution in [3.63, 3.8) is 0 Å². The third-order valence-corrected chi connectivity index (χ3v) is 5.54. The highest BCUT2D eigenvalue weighted by molar-refractivity contribution is 7.17. The second-order valence-electron chi connectivity index (χ2n) is 5.88. The molecule has 9 heteroatoms. The third kappa shape index (κ3) is 3.65. The summed E-state index contributed by atoms with van der Waals surface area (Å²) in [6.07, 6.45) is -3.12. The van der Waals surface area contributed by atoms with Gasteiger partial charge in [-0.25, -0.2) is 9.97 Å². The zero-order valence-electron chi connectivity index (χ0n) is 13.9. The van der Waals surface area contributed by atoms with Gasteiger partial charge in [0.1, 0.15) is 17.0 Å². The topological polar surface area (TPSA) is 37.8 Å². The van der Waals surface area contributed by atoms with Gasteiger partial charge in [0.25, 0.3) is 0 Å². The quantitative estimate of drug-likeness (QED) is 0.360. The lowest BCUT2D eigenvalue weighted by Crippen LogP contribution is -2.06. The predicted octanol–water partition coefficient (Wildman–Crippen LogP) is 7.43. The van der Waals surface area contributed by atoms with Crippen molar-refractivity contribution in [3.05, 3.63) is 69.8 Å². The van der Waals surface area contributed by atoms with Crippen molar-refractivity contribution >= 4 is 56.3 Å². The summed E-state index contributed by atoms with van der Waals surface area (Å²) in [5.74, 6) is 0.373. The summed E-state index contributed by atoms with van der Waals surface area (Å²) >= 11 is 13.5. The standard InChI is InChI=1S/C19H10Cl2F3N3S/c20-12-4-1-10(2-5-12)13-8-28-18-16(13)17(25-9-26-18)27-15-7-11(19(22,23)24)3-6-14(15)21/h1-9H,(H,25,26,27). The van der Waals surface area contributed by atoms with E-state index in [2.05, 4.69) is 15.3 Å². The van der Waals surface area contributed by atoms with E-state index in [1.54, 1.807) is 12.1 Å². The van der Waals surface area contributed by atoms with Crippen LogP contribution < -0.4 is 5.32 Å². The molecule has 0 fully saturated rings. The van der Waals surface area contributed by atoms with Gasteiger partial charge in [-0.05, 0) is 35.9 Å². The van der Waals surface area contributed by atoms with Crippen LogP contribution in [-0.4, -0.2) is 9.97 Å². The Labute approximate surface area is 171 Å². The van der Waals surface area contributed by atoms with Crippen LogP contribution in [0.25, 0.3) is 21.3 Å². The van der Waals surface area contributed by atoms with Crippen molar-refractivity contribution < 1.29 is 13.2 Å². The van der Waals surface area contributed by atoms with Crippen LogP contribution in [0, 0.1) is 0 Å². The molecule has 0 aliphatic heterocycles. The Morgan fingerprint density at radius 2 is 1.71 bits per heavy atom. The number of nitrogens with zero attached hydrogens (tertiary/aromatic N) is 2. The number of anilines is 2. The number of halogens is 5. The van der Waals surface area contributed by atoms with E-state index in [0.29, 0.717) is 21.1 Å². The summed E-state index contributed by atoms with van der Waals surface area (Å²) in [5, 5.41) is 6.31. The Morgan fingerprint density at radius 3 is 2.43 bits per heavy atom. The molecule has 0 spiro atoms. The molecular weight excluding hydrogens is 430 g/mol. The van der Waals surface area contributed by atoms with E-state index in [1.165, 1.54) is 23.7 Å². The first-order valence-electron chi connectivity index (χ1n) is 7.95. The molecule has 0 atom stereocenters. The van der Waals surface area contributed by atoms with Crippen LogP contribution in [0.1, 0.15) is 5.56 Å². The van der Waals surface area contributed by atoms with Crippen molar-refractivity contribution in [2.45, 2.75) is 6.18 Å². The summed E-state index contributed by atoms with van der Waals surface area (Å²) in [6, 6.07) is 10.4. The fourth-order valence-electron chi connectivity index (χ4n) is 2.74. The second kappa shape index (κ2) is 7.24. The number of nitrogens with one attached hydrogen (secondary N) is 1. The minimum atomic E-state index is -4.47. The zero-order chi connectivity index (χ0) is 19.9. The van der Waals surface area contributed by atoms with Crippen LogP contribution >= 0.6 is 34.5 Å². The average molecular weight is 440 g/mol. The molecule has 0 saturated heterocycles. The number of rotatable bonds is 3. The lowest BCUT2D eigenvalue weighted by atomic mass is 10.1. The Bertz CT molecular complexity index is 1160. The summed E-state index contributed by atoms with van der Waals surface area (Å²) < 4.78 is 39.2. The number of thiophene rings is 1. The lowest BCUT2D eigenvalue weighted by Gasteiger charge is -2.13. The van der Waals surface area contributed by atoms with Crippen LogP contribution in [-0.2, 0) is 6.18 Å². The van der Waals surface area contributed by atoms with Gasteiger partial charge in [0.15, 0.2) is 0 Å². The van der Waals surface area contributed by atoms with Gasteiger partial charge in [0, 0.05) is 16.0 Å². The van der Waals surface area contributed by atoms with Gasteiger partial charge in [-0.2, -0.15) is 13.2 Å². The van der Waals surface area contributed by atoms with E-state index in [1.807, 2.05) is 17.5 Å². The number of alkyl halides is 3. The minimum Gasteiger partial charge on any atom is -0.338 e. The van der Waals surface area contributed by atoms with Crippen molar-refractivity contribution in [3.8, 4) is 11.1 Å². The van der Waals surface area contributed by atoms with Crippen LogP contribution in [0.2, 0.25) is 10.0 Å². The van der Waals surface area contributed by atoms with Gasteiger partial charge >= 0.3 is 6.18 Å². The molecule has 2 aromatic heterocycles. The van der Waals surface area contributed by atoms with Crippen LogP contribution in [0.5, 0.6) is 0 Å². The van der Waals surface area contributed by atoms with Crippen molar-refractivity contribution in [2.75, 3.05) is 5.32 Å². The molecule has 4 rings (SSSR count). The Hall–Kier alpha value is -2.35. The van der Waals surface area contributed by atoms with Crippen LogP contribution in [0.3, 0.4) is 0 Å². The molecule has 0 amide bonds. The van der Waals surface area contributed by atoms with Crippen molar-refractivity contribution in [2.24, 2.45) is 0 Å². The normalized spacial score (nSPS) is 11.8. The van der Waals surface area contributed by atoms with Gasteiger partial charge in [0.05, 0.1) is 21.7 Å². The molecule has 3 nitrogen and oxygen atoms in total. The third-order valence-electron chi connectivity index (χ3n) is 4.07. The highest BCUT2D eigenvalue weighted by atomic mass is 35.5. The monoisotopic (exact) mass is 439 g/mol. The Morgan fingerprint density at radius 1 is 0.964 bits per heavy atom. The van der Waals surface area contributed by atoms with E-state index < -0.39 is 11.7 Å². The smallest absolute Gasteiger partial charge is 0.338 e. The molecular formula is C19H10Cl2F3N3S. The van der Waals surface area contributed by atoms with Crippen LogP contribution in [0.15, 0.2) is 54.2 Å². The molecule has 0 saturated carbocycles. The van der Waals surface area contributed by atoms with E-state index in [9.17, 15) is 13.2 Å². The first kappa shape index (κ1) is 19.0. The second-order valence-corrected chi connectivity index (χ2v) is 7.58. The molecule has 2 heterocycles. The van der Waals surface area contributed by atoms with E-state index in [0.717, 1.165) is 23.3 Å². The van der Waals surface area contributed by atoms with E-state index in [4.69, 9.17) is 23.2 Å². The number of fused-ring (bicyclic) bond motifs is 1. The van der Waals surface area contributed by atoms with Crippen molar-refractivity contribution in [1.82, 2.24) is 9.97 Å². The summed E-state index contributed by atoms with van der Waals surface area (Å²) in [5.41, 5.74) is 1.06. The minimum absolute atomic E-state index is 0.116. The maximum atomic E-state index is 13.1. The van der Waals surface area contributed by atoms with Gasteiger partial charge in [-0.3, -0.25) is 0 Å². The zero-order valence-corrected chi connectivity index (χ0v) is 16.2. The van der Waals surface area contributed by atoms with Gasteiger partial charge in [-0.1, -0.05) is 35.3 Å². The molecule has 4 aromatic rings. The SMILES string of the molecule is FC(F)(F)c1ccc(Cl)c(Nc2ncnc3scc(-c4ccc(Cl)cc4)c23)c1. The molecule has 28 heavy (non-hydrogen) atoms. The van der Waals surface area contributed by atoms with Crippen molar-refractivity contribution in [1.29, 1.82) is 0 Å². The van der Waals surface area contributed by atoms with E-state index >= 15 is 0 Å². The predicted molar refractivity (Wildman–Crippen MR) is 108 cm³/mol. The number of benzene rings is 2. The molecule has 0 bridgehead atoms. The maximum absolute atomic E-state index is 13.1. The summed E-state index contributed by atoms with van der Waals surface area (Å²) in [6.45, 7) is 0. The largest absolute Gasteiger partial charge is 0.416 e. The first-order valence-corrected chi connectivity index (χ1v) is 9.58. The fourth-order valence-corrected chi connectivity index (χ4v) is 3.94. The maximum Gasteiger partial charge on any atom is 0.416 e. The molecule has 0 unspecified atom stereocenters. The molecule has 0 radical (unpaired) electrons. The molecule has 2 aromatic carbocycles. The highest BCUT2D eigenvalue weighted by Crippen LogP contribution is 2.40. The molecule has 0 aliphatic carbocycles. The Kier molecular flexibility index (Phi) is 4.91. The Balaban J connectivity index is 1.82. The number of aromatic nitrogens is 2. The summed E-state index contributed by atoms with van der Waals surface area (Å²) in [4.78, 5) is 9.18. The summed E-state index contributed by atoms with van der Waals surface area (Å²) in [7, 11) is 0.